The van der Waals surface area contributed by atoms with E-state index in [9.17, 15) is 14.9 Å². The lowest BCUT2D eigenvalue weighted by Crippen LogP contribution is -2.03. The highest BCUT2D eigenvalue weighted by Gasteiger charge is 2.17. The summed E-state index contributed by atoms with van der Waals surface area (Å²) in [6.07, 6.45) is 0. The van der Waals surface area contributed by atoms with E-state index in [1.54, 1.807) is 6.07 Å². The van der Waals surface area contributed by atoms with Crippen molar-refractivity contribution in [2.24, 2.45) is 0 Å². The number of carbonyl (C=O) groups excluding carboxylic acids is 1. The summed E-state index contributed by atoms with van der Waals surface area (Å²) in [5.74, 6) is -0.300. The molecule has 21 heavy (non-hydrogen) atoms. The molecule has 3 rings (SSSR count). The molecular formula is C15H9ClN2O3. The molecule has 1 N–H and O–H groups in total. The minimum atomic E-state index is -0.553. The average molecular weight is 301 g/mol. The van der Waals surface area contributed by atoms with Crippen molar-refractivity contribution in [2.45, 2.75) is 0 Å². The number of ketones is 1. The summed E-state index contributed by atoms with van der Waals surface area (Å²) in [6.45, 7) is 0. The van der Waals surface area contributed by atoms with Gasteiger partial charge in [-0.3, -0.25) is 14.9 Å². The van der Waals surface area contributed by atoms with Gasteiger partial charge in [0.1, 0.15) is 0 Å². The number of aromatic nitrogens is 1. The number of halogens is 1. The van der Waals surface area contributed by atoms with E-state index < -0.39 is 4.92 Å². The fraction of sp³-hybridized carbons (Fsp3) is 0. The SMILES string of the molecule is O=C(c1cc2ccccc2[nH]1)c1ccc([N+](=O)[O-])cc1Cl. The van der Waals surface area contributed by atoms with Crippen molar-refractivity contribution in [3.05, 3.63) is 74.9 Å². The molecule has 6 heteroatoms. The lowest BCUT2D eigenvalue weighted by atomic mass is 10.1. The third kappa shape index (κ3) is 2.39. The molecule has 0 aliphatic heterocycles. The van der Waals surface area contributed by atoms with Gasteiger partial charge in [0.25, 0.3) is 5.69 Å². The molecule has 0 atom stereocenters. The van der Waals surface area contributed by atoms with E-state index in [0.29, 0.717) is 5.69 Å². The van der Waals surface area contributed by atoms with Crippen LogP contribution in [0.15, 0.2) is 48.5 Å². The number of non-ortho nitro benzene ring substituents is 1. The van der Waals surface area contributed by atoms with Crippen LogP contribution >= 0.6 is 11.6 Å². The Hall–Kier alpha value is -2.66. The van der Waals surface area contributed by atoms with Gasteiger partial charge >= 0.3 is 0 Å². The van der Waals surface area contributed by atoms with Gasteiger partial charge in [-0.15, -0.1) is 0 Å². The van der Waals surface area contributed by atoms with E-state index in [1.165, 1.54) is 18.2 Å². The Balaban J connectivity index is 2.03. The molecule has 104 valence electrons. The number of hydrogen-bond donors (Lipinski definition) is 1. The molecule has 2 aromatic carbocycles. The first kappa shape index (κ1) is 13.3. The zero-order valence-electron chi connectivity index (χ0n) is 10.7. The first-order chi connectivity index (χ1) is 10.1. The molecule has 0 aliphatic rings. The zero-order valence-corrected chi connectivity index (χ0v) is 11.4. The molecule has 0 unspecified atom stereocenters. The number of fused-ring (bicyclic) bond motifs is 1. The highest BCUT2D eigenvalue weighted by atomic mass is 35.5. The molecule has 0 saturated carbocycles. The van der Waals surface area contributed by atoms with Gasteiger partial charge in [0.05, 0.1) is 15.6 Å². The molecule has 0 spiro atoms. The predicted octanol–water partition coefficient (Wildman–Crippen LogP) is 3.96. The van der Waals surface area contributed by atoms with E-state index in [-0.39, 0.29) is 22.1 Å². The Bertz CT molecular complexity index is 837. The molecule has 1 aromatic heterocycles. The van der Waals surface area contributed by atoms with Crippen LogP contribution in [0.5, 0.6) is 0 Å². The third-order valence-corrected chi connectivity index (χ3v) is 3.50. The minimum Gasteiger partial charge on any atom is -0.352 e. The number of hydrogen-bond acceptors (Lipinski definition) is 3. The number of benzene rings is 2. The molecule has 0 fully saturated rings. The van der Waals surface area contributed by atoms with Crippen LogP contribution in [0, 0.1) is 10.1 Å². The number of aromatic amines is 1. The van der Waals surface area contributed by atoms with Crippen molar-refractivity contribution in [3.63, 3.8) is 0 Å². The van der Waals surface area contributed by atoms with E-state index in [4.69, 9.17) is 11.6 Å². The van der Waals surface area contributed by atoms with Crippen molar-refractivity contribution in [2.75, 3.05) is 0 Å². The number of nitro benzene ring substituents is 1. The van der Waals surface area contributed by atoms with Crippen LogP contribution in [-0.4, -0.2) is 15.7 Å². The number of nitro groups is 1. The second-order valence-electron chi connectivity index (χ2n) is 4.52. The molecular weight excluding hydrogens is 292 g/mol. The maximum Gasteiger partial charge on any atom is 0.270 e. The minimum absolute atomic E-state index is 0.0628. The topological polar surface area (TPSA) is 76.0 Å². The van der Waals surface area contributed by atoms with Gasteiger partial charge in [0, 0.05) is 28.6 Å². The van der Waals surface area contributed by atoms with Crippen LogP contribution < -0.4 is 0 Å². The molecule has 0 amide bonds. The van der Waals surface area contributed by atoms with Crippen molar-refractivity contribution >= 4 is 34.0 Å². The van der Waals surface area contributed by atoms with E-state index in [2.05, 4.69) is 4.98 Å². The zero-order chi connectivity index (χ0) is 15.0. The van der Waals surface area contributed by atoms with Gasteiger partial charge in [-0.2, -0.15) is 0 Å². The Labute approximate surface area is 124 Å². The van der Waals surface area contributed by atoms with Gasteiger partial charge in [-0.25, -0.2) is 0 Å². The number of H-pyrrole nitrogens is 1. The summed E-state index contributed by atoms with van der Waals surface area (Å²) >= 11 is 5.98. The normalized spacial score (nSPS) is 10.7. The van der Waals surface area contributed by atoms with Crippen LogP contribution in [0.4, 0.5) is 5.69 Å². The van der Waals surface area contributed by atoms with Crippen LogP contribution in [0.1, 0.15) is 16.1 Å². The smallest absolute Gasteiger partial charge is 0.270 e. The van der Waals surface area contributed by atoms with Crippen molar-refractivity contribution in [1.82, 2.24) is 4.98 Å². The largest absolute Gasteiger partial charge is 0.352 e. The van der Waals surface area contributed by atoms with Crippen LogP contribution in [-0.2, 0) is 0 Å². The number of nitrogens with one attached hydrogen (secondary N) is 1. The monoisotopic (exact) mass is 300 g/mol. The van der Waals surface area contributed by atoms with Gasteiger partial charge in [0.2, 0.25) is 5.78 Å². The molecule has 0 bridgehead atoms. The quantitative estimate of drug-likeness (QED) is 0.452. The first-order valence-corrected chi connectivity index (χ1v) is 6.50. The first-order valence-electron chi connectivity index (χ1n) is 6.12. The van der Waals surface area contributed by atoms with E-state index in [0.717, 1.165) is 10.9 Å². The van der Waals surface area contributed by atoms with Crippen molar-refractivity contribution in [3.8, 4) is 0 Å². The molecule has 5 nitrogen and oxygen atoms in total. The van der Waals surface area contributed by atoms with Crippen LogP contribution in [0.25, 0.3) is 10.9 Å². The molecule has 0 aliphatic carbocycles. The summed E-state index contributed by atoms with van der Waals surface area (Å²) in [5.41, 5.74) is 1.33. The second-order valence-corrected chi connectivity index (χ2v) is 4.93. The Morgan fingerprint density at radius 2 is 1.90 bits per heavy atom. The van der Waals surface area contributed by atoms with Gasteiger partial charge < -0.3 is 4.98 Å². The van der Waals surface area contributed by atoms with Crippen molar-refractivity contribution < 1.29 is 9.72 Å². The number of carbonyl (C=O) groups is 1. The number of nitrogens with zero attached hydrogens (tertiary/aromatic N) is 1. The Morgan fingerprint density at radius 3 is 2.57 bits per heavy atom. The maximum absolute atomic E-state index is 12.4. The molecule has 3 aromatic rings. The summed E-state index contributed by atoms with van der Waals surface area (Å²) in [6, 6.07) is 13.0. The third-order valence-electron chi connectivity index (χ3n) is 3.18. The lowest BCUT2D eigenvalue weighted by Gasteiger charge is -2.01. The predicted molar refractivity (Wildman–Crippen MR) is 79.8 cm³/mol. The molecule has 0 saturated heterocycles. The maximum atomic E-state index is 12.4. The van der Waals surface area contributed by atoms with Gasteiger partial charge in [-0.1, -0.05) is 29.8 Å². The second kappa shape index (κ2) is 5.03. The van der Waals surface area contributed by atoms with E-state index in [1.807, 2.05) is 24.3 Å². The Kier molecular flexibility index (Phi) is 3.19. The summed E-state index contributed by atoms with van der Waals surface area (Å²) < 4.78 is 0. The standard InChI is InChI=1S/C15H9ClN2O3/c16-12-8-10(18(20)21)5-6-11(12)15(19)14-7-9-3-1-2-4-13(9)17-14/h1-8,17H. The molecule has 0 radical (unpaired) electrons. The van der Waals surface area contributed by atoms with Crippen molar-refractivity contribution in [1.29, 1.82) is 0 Å². The Morgan fingerprint density at radius 1 is 1.14 bits per heavy atom. The summed E-state index contributed by atoms with van der Waals surface area (Å²) in [5, 5.41) is 11.7. The summed E-state index contributed by atoms with van der Waals surface area (Å²) in [4.78, 5) is 25.6. The van der Waals surface area contributed by atoms with Gasteiger partial charge in [-0.05, 0) is 18.2 Å². The average Bonchev–Trinajstić information content (AvgIpc) is 2.90. The highest BCUT2D eigenvalue weighted by Crippen LogP contribution is 2.25. The molecule has 1 heterocycles. The fourth-order valence-electron chi connectivity index (χ4n) is 2.14. The summed E-state index contributed by atoms with van der Waals surface area (Å²) in [7, 11) is 0. The van der Waals surface area contributed by atoms with Crippen LogP contribution in [0.2, 0.25) is 5.02 Å². The number of para-hydroxylation sites is 1. The lowest BCUT2D eigenvalue weighted by molar-refractivity contribution is -0.384. The van der Waals surface area contributed by atoms with Gasteiger partial charge in [0.15, 0.2) is 0 Å². The van der Waals surface area contributed by atoms with Crippen LogP contribution in [0.3, 0.4) is 0 Å². The number of rotatable bonds is 3. The highest BCUT2D eigenvalue weighted by molar-refractivity contribution is 6.35. The van der Waals surface area contributed by atoms with E-state index >= 15 is 0 Å². The fourth-order valence-corrected chi connectivity index (χ4v) is 2.40.